The molecule has 3 rings (SSSR count). The lowest BCUT2D eigenvalue weighted by atomic mass is 10.1. The summed E-state index contributed by atoms with van der Waals surface area (Å²) in [6.07, 6.45) is 2.41. The fourth-order valence-corrected chi connectivity index (χ4v) is 3.94. The van der Waals surface area contributed by atoms with E-state index in [-0.39, 0.29) is 22.1 Å². The van der Waals surface area contributed by atoms with Gasteiger partial charge in [-0.1, -0.05) is 52.3 Å². The highest BCUT2D eigenvalue weighted by atomic mass is 79.9. The zero-order valence-electron chi connectivity index (χ0n) is 15.0. The van der Waals surface area contributed by atoms with Crippen molar-refractivity contribution in [1.82, 2.24) is 9.97 Å². The maximum absolute atomic E-state index is 12.2. The van der Waals surface area contributed by atoms with Crippen LogP contribution >= 0.6 is 15.9 Å². The largest absolute Gasteiger partial charge is 0.290 e. The molecule has 8 nitrogen and oxygen atoms in total. The van der Waals surface area contributed by atoms with Crippen molar-refractivity contribution in [2.75, 3.05) is 11.7 Å². The van der Waals surface area contributed by atoms with E-state index in [0.717, 1.165) is 6.26 Å². The smallest absolute Gasteiger partial charge is 0.270 e. The van der Waals surface area contributed by atoms with Crippen molar-refractivity contribution >= 4 is 37.9 Å². The molecule has 2 N–H and O–H groups in total. The molecule has 0 aliphatic heterocycles. The van der Waals surface area contributed by atoms with E-state index in [2.05, 4.69) is 36.4 Å². The SMILES string of the molecule is CS(=O)(=O)c1cc(Br)ccc1C=NNc1nc(-c2ccccc2)c(C#N)c(=O)[nH]1. The van der Waals surface area contributed by atoms with E-state index >= 15 is 0 Å². The van der Waals surface area contributed by atoms with Gasteiger partial charge < -0.3 is 0 Å². The molecule has 0 aliphatic carbocycles. The number of hydrazone groups is 1. The third-order valence-electron chi connectivity index (χ3n) is 3.83. The second-order valence-corrected chi connectivity index (χ2v) is 8.84. The summed E-state index contributed by atoms with van der Waals surface area (Å²) in [6, 6.07) is 15.4. The number of H-pyrrole nitrogens is 1. The Balaban J connectivity index is 1.96. The maximum Gasteiger partial charge on any atom is 0.270 e. The first kappa shape index (κ1) is 20.4. The summed E-state index contributed by atoms with van der Waals surface area (Å²) in [6.45, 7) is 0. The highest BCUT2D eigenvalue weighted by molar-refractivity contribution is 9.10. The number of anilines is 1. The predicted molar refractivity (Wildman–Crippen MR) is 113 cm³/mol. The van der Waals surface area contributed by atoms with E-state index in [1.165, 1.54) is 12.3 Å². The molecule has 0 spiro atoms. The normalized spacial score (nSPS) is 11.3. The van der Waals surface area contributed by atoms with Crippen molar-refractivity contribution in [1.29, 1.82) is 5.26 Å². The molecule has 2 aromatic carbocycles. The van der Waals surface area contributed by atoms with Crippen molar-refractivity contribution in [3.63, 3.8) is 0 Å². The number of aromatic nitrogens is 2. The van der Waals surface area contributed by atoms with Gasteiger partial charge >= 0.3 is 0 Å². The number of nitrogens with one attached hydrogen (secondary N) is 2. The molecule has 0 amide bonds. The predicted octanol–water partition coefficient (Wildman–Crippen LogP) is 2.92. The highest BCUT2D eigenvalue weighted by Gasteiger charge is 2.14. The van der Waals surface area contributed by atoms with Crippen LogP contribution in [0, 0.1) is 11.3 Å². The molecule has 10 heteroatoms. The van der Waals surface area contributed by atoms with E-state index in [9.17, 15) is 18.5 Å². The van der Waals surface area contributed by atoms with E-state index in [1.54, 1.807) is 36.4 Å². The Bertz CT molecular complexity index is 1300. The average Bonchev–Trinajstić information content (AvgIpc) is 2.68. The van der Waals surface area contributed by atoms with Crippen molar-refractivity contribution < 1.29 is 8.42 Å². The number of halogens is 1. The van der Waals surface area contributed by atoms with Gasteiger partial charge in [-0.2, -0.15) is 10.4 Å². The van der Waals surface area contributed by atoms with E-state index in [1.807, 2.05) is 12.1 Å². The molecule has 1 aromatic heterocycles. The number of hydrogen-bond donors (Lipinski definition) is 2. The van der Waals surface area contributed by atoms with Crippen LogP contribution in [0.25, 0.3) is 11.3 Å². The Kier molecular flexibility index (Phi) is 5.91. The van der Waals surface area contributed by atoms with Gasteiger partial charge in [0.15, 0.2) is 9.84 Å². The van der Waals surface area contributed by atoms with Crippen LogP contribution in [-0.2, 0) is 9.84 Å². The summed E-state index contributed by atoms with van der Waals surface area (Å²) in [5.41, 5.74) is 3.04. The maximum atomic E-state index is 12.2. The first-order valence-corrected chi connectivity index (χ1v) is 10.9. The summed E-state index contributed by atoms with van der Waals surface area (Å²) in [5, 5.41) is 13.3. The second kappa shape index (κ2) is 8.38. The Hall–Kier alpha value is -3.29. The standard InChI is InChI=1S/C19H14BrN5O3S/c1-29(27,28)16-9-14(20)8-7-13(16)11-22-25-19-23-17(12-5-3-2-4-6-12)15(10-21)18(26)24-19/h2-9,11H,1H3,(H2,23,24,25,26). The van der Waals surface area contributed by atoms with Crippen LogP contribution in [0.1, 0.15) is 11.1 Å². The summed E-state index contributed by atoms with van der Waals surface area (Å²) >= 11 is 3.24. The van der Waals surface area contributed by atoms with Crippen molar-refractivity contribution in [2.24, 2.45) is 5.10 Å². The Morgan fingerprint density at radius 2 is 1.97 bits per heavy atom. The van der Waals surface area contributed by atoms with Gasteiger partial charge in [0, 0.05) is 21.9 Å². The molecule has 0 bridgehead atoms. The average molecular weight is 472 g/mol. The Morgan fingerprint density at radius 3 is 2.62 bits per heavy atom. The molecule has 0 radical (unpaired) electrons. The molecule has 0 fully saturated rings. The Labute approximate surface area is 175 Å². The minimum atomic E-state index is -3.47. The summed E-state index contributed by atoms with van der Waals surface area (Å²) < 4.78 is 24.5. The van der Waals surface area contributed by atoms with Gasteiger partial charge in [0.2, 0.25) is 5.95 Å². The minimum absolute atomic E-state index is 0.0159. The van der Waals surface area contributed by atoms with Crippen LogP contribution in [0.15, 0.2) is 67.8 Å². The zero-order valence-corrected chi connectivity index (χ0v) is 17.5. The third-order valence-corrected chi connectivity index (χ3v) is 5.47. The molecule has 1 heterocycles. The fraction of sp³-hybridized carbons (Fsp3) is 0.0526. The molecule has 0 unspecified atom stereocenters. The minimum Gasteiger partial charge on any atom is -0.290 e. The first-order valence-electron chi connectivity index (χ1n) is 8.18. The van der Waals surface area contributed by atoms with E-state index < -0.39 is 15.4 Å². The summed E-state index contributed by atoms with van der Waals surface area (Å²) in [7, 11) is -3.47. The number of sulfone groups is 1. The number of nitrogens with zero attached hydrogens (tertiary/aromatic N) is 3. The lowest BCUT2D eigenvalue weighted by Crippen LogP contribution is -2.16. The zero-order chi connectivity index (χ0) is 21.0. The number of benzene rings is 2. The van der Waals surface area contributed by atoms with Gasteiger partial charge in [-0.3, -0.25) is 9.78 Å². The van der Waals surface area contributed by atoms with Gasteiger partial charge in [-0.25, -0.2) is 18.8 Å². The molecular weight excluding hydrogens is 458 g/mol. The van der Waals surface area contributed by atoms with Gasteiger partial charge in [-0.15, -0.1) is 0 Å². The van der Waals surface area contributed by atoms with Gasteiger partial charge in [0.25, 0.3) is 5.56 Å². The summed E-state index contributed by atoms with van der Waals surface area (Å²) in [4.78, 5) is 19.0. The molecule has 3 aromatic rings. The molecule has 0 saturated heterocycles. The monoisotopic (exact) mass is 471 g/mol. The number of rotatable bonds is 5. The Morgan fingerprint density at radius 1 is 1.24 bits per heavy atom. The van der Waals surface area contributed by atoms with Gasteiger partial charge in [0.1, 0.15) is 11.6 Å². The van der Waals surface area contributed by atoms with Crippen LogP contribution in [0.5, 0.6) is 0 Å². The van der Waals surface area contributed by atoms with E-state index in [4.69, 9.17) is 0 Å². The first-order chi connectivity index (χ1) is 13.8. The van der Waals surface area contributed by atoms with Crippen LogP contribution in [0.4, 0.5) is 5.95 Å². The van der Waals surface area contributed by atoms with Crippen LogP contribution < -0.4 is 11.0 Å². The van der Waals surface area contributed by atoms with Crippen molar-refractivity contribution in [3.8, 4) is 17.3 Å². The number of hydrogen-bond acceptors (Lipinski definition) is 7. The molecule has 0 aliphatic rings. The molecule has 29 heavy (non-hydrogen) atoms. The van der Waals surface area contributed by atoms with Crippen LogP contribution in [0.3, 0.4) is 0 Å². The third kappa shape index (κ3) is 4.77. The summed E-state index contributed by atoms with van der Waals surface area (Å²) in [5.74, 6) is 0.0159. The van der Waals surface area contributed by atoms with Crippen molar-refractivity contribution in [2.45, 2.75) is 4.90 Å². The number of nitriles is 1. The quantitative estimate of drug-likeness (QED) is 0.434. The highest BCUT2D eigenvalue weighted by Crippen LogP contribution is 2.21. The fourth-order valence-electron chi connectivity index (χ4n) is 2.53. The molecule has 0 atom stereocenters. The lowest BCUT2D eigenvalue weighted by Gasteiger charge is -2.07. The van der Waals surface area contributed by atoms with E-state index in [0.29, 0.717) is 15.6 Å². The second-order valence-electron chi connectivity index (χ2n) is 5.94. The van der Waals surface area contributed by atoms with Crippen LogP contribution in [0.2, 0.25) is 0 Å². The van der Waals surface area contributed by atoms with Crippen molar-refractivity contribution in [3.05, 3.63) is 74.5 Å². The van der Waals surface area contributed by atoms with Gasteiger partial charge in [0.05, 0.1) is 16.8 Å². The lowest BCUT2D eigenvalue weighted by molar-refractivity contribution is 0.601. The topological polar surface area (TPSA) is 128 Å². The molecule has 146 valence electrons. The van der Waals surface area contributed by atoms with Gasteiger partial charge in [-0.05, 0) is 12.1 Å². The molecular formula is C19H14BrN5O3S. The molecule has 0 saturated carbocycles. The number of aromatic amines is 1. The van der Waals surface area contributed by atoms with Crippen LogP contribution in [-0.4, -0.2) is 30.9 Å².